The summed E-state index contributed by atoms with van der Waals surface area (Å²) in [5.74, 6) is 0.638. The van der Waals surface area contributed by atoms with Crippen LogP contribution < -0.4 is 0 Å². The van der Waals surface area contributed by atoms with Crippen LogP contribution in [0.25, 0.3) is 10.9 Å². The normalized spacial score (nSPS) is 17.0. The van der Waals surface area contributed by atoms with E-state index in [2.05, 4.69) is 38.5 Å². The van der Waals surface area contributed by atoms with Gasteiger partial charge in [0.1, 0.15) is 5.82 Å². The third kappa shape index (κ3) is 3.51. The maximum Gasteiger partial charge on any atom is 0.365 e. The average Bonchev–Trinajstić information content (AvgIpc) is 3.34. The van der Waals surface area contributed by atoms with Crippen LogP contribution in [0.3, 0.4) is 0 Å². The van der Waals surface area contributed by atoms with E-state index in [1.54, 1.807) is 12.1 Å². The number of nitrogens with zero attached hydrogens (tertiary/aromatic N) is 4. The second kappa shape index (κ2) is 8.11. The minimum atomic E-state index is -0.442. The number of benzene rings is 2. The molecule has 1 atom stereocenters. The van der Waals surface area contributed by atoms with Gasteiger partial charge in [0.05, 0.1) is 11.3 Å². The standard InChI is InChI=1S/C26H26N4O2/c1-17-8-10-19(11-9-17)26(31)32-28-25-20(16-30-15-14-27-18(30)2)12-13-23-24(25)21-6-4-5-7-22(21)29(23)3/h4-11,14-15,20H,12-13,16H2,1-3H3. The van der Waals surface area contributed by atoms with Gasteiger partial charge in [-0.3, -0.25) is 0 Å². The smallest absolute Gasteiger partial charge is 0.347 e. The fourth-order valence-electron chi connectivity index (χ4n) is 4.64. The Balaban J connectivity index is 1.57. The van der Waals surface area contributed by atoms with Gasteiger partial charge >= 0.3 is 5.97 Å². The summed E-state index contributed by atoms with van der Waals surface area (Å²) in [7, 11) is 2.09. The molecule has 0 fully saturated rings. The zero-order valence-corrected chi connectivity index (χ0v) is 18.6. The molecular formula is C26H26N4O2. The molecule has 4 aromatic rings. The number of fused-ring (bicyclic) bond motifs is 3. The molecule has 0 N–H and O–H groups in total. The SMILES string of the molecule is Cc1ccc(C(=O)ON=C2c3c(n(C)c4ccccc34)CCC2Cn2ccnc2C)cc1. The highest BCUT2D eigenvalue weighted by molar-refractivity contribution is 6.14. The molecule has 1 unspecified atom stereocenters. The molecule has 6 heteroatoms. The molecule has 0 spiro atoms. The Labute approximate surface area is 187 Å². The quantitative estimate of drug-likeness (QED) is 0.347. The van der Waals surface area contributed by atoms with Gasteiger partial charge in [-0.15, -0.1) is 0 Å². The molecular weight excluding hydrogens is 400 g/mol. The first-order valence-corrected chi connectivity index (χ1v) is 10.9. The molecule has 0 aliphatic heterocycles. The summed E-state index contributed by atoms with van der Waals surface area (Å²) < 4.78 is 4.37. The van der Waals surface area contributed by atoms with Gasteiger partial charge in [-0.25, -0.2) is 9.78 Å². The van der Waals surface area contributed by atoms with E-state index in [0.717, 1.165) is 53.0 Å². The van der Waals surface area contributed by atoms with Crippen molar-refractivity contribution in [3.8, 4) is 0 Å². The van der Waals surface area contributed by atoms with Gasteiger partial charge in [-0.1, -0.05) is 41.1 Å². The van der Waals surface area contributed by atoms with E-state index in [0.29, 0.717) is 5.56 Å². The topological polar surface area (TPSA) is 61.4 Å². The van der Waals surface area contributed by atoms with E-state index in [-0.39, 0.29) is 5.92 Å². The molecule has 0 saturated carbocycles. The molecule has 0 amide bonds. The molecule has 5 rings (SSSR count). The van der Waals surface area contributed by atoms with Gasteiger partial charge < -0.3 is 14.0 Å². The predicted octanol–water partition coefficient (Wildman–Crippen LogP) is 4.82. The third-order valence-electron chi connectivity index (χ3n) is 6.46. The fraction of sp³-hybridized carbons (Fsp3) is 0.269. The lowest BCUT2D eigenvalue weighted by atomic mass is 9.84. The number of oxime groups is 1. The van der Waals surface area contributed by atoms with E-state index < -0.39 is 5.97 Å². The number of hydrogen-bond donors (Lipinski definition) is 0. The highest BCUT2D eigenvalue weighted by atomic mass is 16.7. The van der Waals surface area contributed by atoms with Gasteiger partial charge in [-0.05, 0) is 44.9 Å². The van der Waals surface area contributed by atoms with E-state index >= 15 is 0 Å². The number of aromatic nitrogens is 3. The van der Waals surface area contributed by atoms with Crippen LogP contribution in [0.4, 0.5) is 0 Å². The zero-order chi connectivity index (χ0) is 22.2. The summed E-state index contributed by atoms with van der Waals surface area (Å²) in [6, 6.07) is 15.7. The highest BCUT2D eigenvalue weighted by Gasteiger charge is 2.32. The minimum Gasteiger partial charge on any atom is -0.347 e. The Morgan fingerprint density at radius 2 is 1.94 bits per heavy atom. The molecule has 2 heterocycles. The molecule has 32 heavy (non-hydrogen) atoms. The summed E-state index contributed by atoms with van der Waals surface area (Å²) >= 11 is 0. The third-order valence-corrected chi connectivity index (χ3v) is 6.46. The lowest BCUT2D eigenvalue weighted by molar-refractivity contribution is 0.0513. The van der Waals surface area contributed by atoms with Gasteiger partial charge in [0, 0.05) is 54.1 Å². The van der Waals surface area contributed by atoms with E-state index in [1.165, 1.54) is 5.69 Å². The Bertz CT molecular complexity index is 1330. The minimum absolute atomic E-state index is 0.118. The molecule has 1 aliphatic carbocycles. The molecule has 1 aliphatic rings. The van der Waals surface area contributed by atoms with Crippen LogP contribution in [0.5, 0.6) is 0 Å². The van der Waals surface area contributed by atoms with Gasteiger partial charge in [0.2, 0.25) is 0 Å². The first-order valence-electron chi connectivity index (χ1n) is 10.9. The van der Waals surface area contributed by atoms with Crippen molar-refractivity contribution in [1.29, 1.82) is 0 Å². The van der Waals surface area contributed by atoms with E-state index in [9.17, 15) is 4.79 Å². The largest absolute Gasteiger partial charge is 0.365 e. The Kier molecular flexibility index (Phi) is 5.13. The van der Waals surface area contributed by atoms with Crippen LogP contribution in [-0.2, 0) is 24.9 Å². The number of para-hydroxylation sites is 1. The Hall–Kier alpha value is -3.67. The summed E-state index contributed by atoms with van der Waals surface area (Å²) in [5.41, 5.74) is 5.90. The van der Waals surface area contributed by atoms with Crippen LogP contribution in [0.2, 0.25) is 0 Å². The molecule has 162 valence electrons. The van der Waals surface area contributed by atoms with Gasteiger partial charge in [-0.2, -0.15) is 0 Å². The maximum absolute atomic E-state index is 12.7. The number of aryl methyl sites for hydroxylation is 3. The van der Waals surface area contributed by atoms with Crippen LogP contribution in [-0.4, -0.2) is 25.8 Å². The molecule has 6 nitrogen and oxygen atoms in total. The van der Waals surface area contributed by atoms with Crippen molar-refractivity contribution in [3.63, 3.8) is 0 Å². The van der Waals surface area contributed by atoms with Crippen LogP contribution >= 0.6 is 0 Å². The van der Waals surface area contributed by atoms with Crippen molar-refractivity contribution in [2.24, 2.45) is 18.1 Å². The van der Waals surface area contributed by atoms with Crippen molar-refractivity contribution in [2.75, 3.05) is 0 Å². The Morgan fingerprint density at radius 1 is 1.16 bits per heavy atom. The summed E-state index contributed by atoms with van der Waals surface area (Å²) in [5, 5.41) is 5.64. The second-order valence-corrected chi connectivity index (χ2v) is 8.48. The number of imidazole rings is 1. The summed E-state index contributed by atoms with van der Waals surface area (Å²) in [6.45, 7) is 4.73. The van der Waals surface area contributed by atoms with Gasteiger partial charge in [0.25, 0.3) is 0 Å². The fourth-order valence-corrected chi connectivity index (χ4v) is 4.64. The van der Waals surface area contributed by atoms with Crippen molar-refractivity contribution in [2.45, 2.75) is 33.2 Å². The second-order valence-electron chi connectivity index (χ2n) is 8.48. The number of carbonyl (C=O) groups is 1. The molecule has 0 bridgehead atoms. The van der Waals surface area contributed by atoms with Gasteiger partial charge in [0.15, 0.2) is 0 Å². The summed E-state index contributed by atoms with van der Waals surface area (Å²) in [6.07, 6.45) is 5.68. The van der Waals surface area contributed by atoms with Crippen LogP contribution in [0.1, 0.15) is 39.4 Å². The zero-order valence-electron chi connectivity index (χ0n) is 18.6. The number of carbonyl (C=O) groups excluding carboxylic acids is 1. The van der Waals surface area contributed by atoms with E-state index in [4.69, 9.17) is 4.84 Å². The van der Waals surface area contributed by atoms with Crippen LogP contribution in [0, 0.1) is 19.8 Å². The Morgan fingerprint density at radius 3 is 2.69 bits per heavy atom. The monoisotopic (exact) mass is 426 g/mol. The average molecular weight is 427 g/mol. The maximum atomic E-state index is 12.7. The summed E-state index contributed by atoms with van der Waals surface area (Å²) in [4.78, 5) is 22.6. The lowest BCUT2D eigenvalue weighted by Crippen LogP contribution is -2.28. The highest BCUT2D eigenvalue weighted by Crippen LogP contribution is 2.35. The molecule has 2 aromatic carbocycles. The number of hydrogen-bond acceptors (Lipinski definition) is 4. The van der Waals surface area contributed by atoms with Crippen molar-refractivity contribution in [3.05, 3.63) is 89.1 Å². The number of rotatable bonds is 4. The predicted molar refractivity (Wildman–Crippen MR) is 125 cm³/mol. The van der Waals surface area contributed by atoms with Crippen molar-refractivity contribution >= 4 is 22.6 Å². The molecule has 2 aromatic heterocycles. The van der Waals surface area contributed by atoms with E-state index in [1.807, 2.05) is 50.5 Å². The first kappa shape index (κ1) is 20.2. The molecule has 0 saturated heterocycles. The van der Waals surface area contributed by atoms with Crippen molar-refractivity contribution < 1.29 is 9.63 Å². The lowest BCUT2D eigenvalue weighted by Gasteiger charge is -2.25. The van der Waals surface area contributed by atoms with Crippen molar-refractivity contribution in [1.82, 2.24) is 14.1 Å². The molecule has 0 radical (unpaired) electrons. The first-order chi connectivity index (χ1) is 15.5. The van der Waals surface area contributed by atoms with Crippen LogP contribution in [0.15, 0.2) is 66.1 Å².